The molecule has 0 spiro atoms. The molecular formula is C38H77NO5. The van der Waals surface area contributed by atoms with E-state index in [0.717, 1.165) is 25.7 Å². The third-order valence-electron chi connectivity index (χ3n) is 8.77. The summed E-state index contributed by atoms with van der Waals surface area (Å²) in [6.45, 7) is 7.20. The van der Waals surface area contributed by atoms with Crippen molar-refractivity contribution in [3.63, 3.8) is 0 Å². The van der Waals surface area contributed by atoms with Crippen molar-refractivity contribution in [2.24, 2.45) is 0 Å². The molecule has 0 saturated heterocycles. The lowest BCUT2D eigenvalue weighted by molar-refractivity contribution is -0.0326. The first-order chi connectivity index (χ1) is 21.5. The predicted octanol–water partition coefficient (Wildman–Crippen LogP) is 11.1. The zero-order valence-electron chi connectivity index (χ0n) is 29.8. The molecule has 0 radical (unpaired) electrons. The molecule has 0 aliphatic heterocycles. The second kappa shape index (κ2) is 35.0. The van der Waals surface area contributed by atoms with Gasteiger partial charge in [-0.15, -0.1) is 0 Å². The average Bonchev–Trinajstić information content (AvgIpc) is 3.01. The fourth-order valence-electron chi connectivity index (χ4n) is 5.82. The number of carbonyl (C=O) groups excluding carboxylic acids is 1. The van der Waals surface area contributed by atoms with E-state index in [1.807, 2.05) is 0 Å². The standard InChI is InChI=1S/C38H77NO5/c1-4-6-8-10-12-14-16-18-20-22-24-26-28-30-32-43-35-37(41)34-39(36(3)40)38(42)44-33-31-29-27-25-23-21-19-17-15-13-11-9-7-5-2/h36-37,40-41H,4-35H2,1-3H3. The molecule has 0 aromatic carbocycles. The molecule has 0 saturated carbocycles. The van der Waals surface area contributed by atoms with E-state index in [1.165, 1.54) is 166 Å². The minimum Gasteiger partial charge on any atom is -0.449 e. The van der Waals surface area contributed by atoms with Crippen LogP contribution in [-0.2, 0) is 9.47 Å². The molecule has 0 aliphatic carbocycles. The minimum absolute atomic E-state index is 0.00792. The molecule has 0 aromatic heterocycles. The lowest BCUT2D eigenvalue weighted by Crippen LogP contribution is -2.44. The summed E-state index contributed by atoms with van der Waals surface area (Å²) in [6, 6.07) is 0. The van der Waals surface area contributed by atoms with Gasteiger partial charge in [0, 0.05) is 6.61 Å². The van der Waals surface area contributed by atoms with Gasteiger partial charge in [0.05, 0.1) is 25.9 Å². The smallest absolute Gasteiger partial charge is 0.411 e. The topological polar surface area (TPSA) is 79.2 Å². The normalized spacial score (nSPS) is 12.8. The highest BCUT2D eigenvalue weighted by Gasteiger charge is 2.23. The Balaban J connectivity index is 3.62. The van der Waals surface area contributed by atoms with Gasteiger partial charge in [0.15, 0.2) is 0 Å². The Morgan fingerprint density at radius 1 is 0.523 bits per heavy atom. The molecule has 0 bridgehead atoms. The lowest BCUT2D eigenvalue weighted by atomic mass is 10.0. The highest BCUT2D eigenvalue weighted by Crippen LogP contribution is 2.15. The quantitative estimate of drug-likeness (QED) is 0.0540. The first kappa shape index (κ1) is 43.1. The summed E-state index contributed by atoms with van der Waals surface area (Å²) < 4.78 is 11.0. The van der Waals surface area contributed by atoms with Crippen LogP contribution in [0.4, 0.5) is 4.79 Å². The molecule has 2 atom stereocenters. The number of ether oxygens (including phenoxy) is 2. The Bertz CT molecular complexity index is 573. The van der Waals surface area contributed by atoms with Crippen LogP contribution in [0.15, 0.2) is 0 Å². The van der Waals surface area contributed by atoms with Gasteiger partial charge in [-0.3, -0.25) is 4.90 Å². The van der Waals surface area contributed by atoms with E-state index < -0.39 is 18.4 Å². The van der Waals surface area contributed by atoms with Crippen LogP contribution < -0.4 is 0 Å². The van der Waals surface area contributed by atoms with Crippen LogP contribution in [0.3, 0.4) is 0 Å². The molecule has 2 N–H and O–H groups in total. The van der Waals surface area contributed by atoms with Crippen LogP contribution in [0.5, 0.6) is 0 Å². The molecule has 0 aromatic rings. The number of aliphatic hydroxyl groups excluding tert-OH is 2. The van der Waals surface area contributed by atoms with E-state index in [0.29, 0.717) is 13.2 Å². The first-order valence-corrected chi connectivity index (χ1v) is 19.4. The predicted molar refractivity (Wildman–Crippen MR) is 187 cm³/mol. The van der Waals surface area contributed by atoms with Crippen molar-refractivity contribution in [1.29, 1.82) is 0 Å². The average molecular weight is 628 g/mol. The summed E-state index contributed by atoms with van der Waals surface area (Å²) >= 11 is 0. The summed E-state index contributed by atoms with van der Waals surface area (Å²) in [6.07, 6.45) is 34.1. The van der Waals surface area contributed by atoms with Crippen LogP contribution in [0.2, 0.25) is 0 Å². The van der Waals surface area contributed by atoms with Gasteiger partial charge < -0.3 is 19.7 Å². The number of nitrogens with zero attached hydrogens (tertiary/aromatic N) is 1. The van der Waals surface area contributed by atoms with Crippen molar-refractivity contribution in [2.45, 2.75) is 213 Å². The number of rotatable bonds is 35. The molecule has 0 aliphatic rings. The number of carbonyl (C=O) groups is 1. The van der Waals surface area contributed by atoms with E-state index in [9.17, 15) is 15.0 Å². The third kappa shape index (κ3) is 31.1. The van der Waals surface area contributed by atoms with Crippen LogP contribution in [0.1, 0.15) is 201 Å². The number of hydrogen-bond donors (Lipinski definition) is 2. The van der Waals surface area contributed by atoms with Gasteiger partial charge in [-0.05, 0) is 19.8 Å². The van der Waals surface area contributed by atoms with Crippen LogP contribution in [-0.4, -0.2) is 59.9 Å². The maximum atomic E-state index is 12.5. The molecule has 0 rings (SSSR count). The van der Waals surface area contributed by atoms with Crippen LogP contribution in [0, 0.1) is 0 Å². The highest BCUT2D eigenvalue weighted by molar-refractivity contribution is 5.67. The van der Waals surface area contributed by atoms with Crippen molar-refractivity contribution in [3.05, 3.63) is 0 Å². The molecule has 6 heteroatoms. The zero-order chi connectivity index (χ0) is 32.4. The van der Waals surface area contributed by atoms with E-state index in [1.54, 1.807) is 0 Å². The SMILES string of the molecule is CCCCCCCCCCCCCCCCOCC(O)CN(C(=O)OCCCCCCCCCCCCCCCC)C(C)O. The fraction of sp³-hybridized carbons (Fsp3) is 0.974. The number of amides is 1. The largest absolute Gasteiger partial charge is 0.449 e. The first-order valence-electron chi connectivity index (χ1n) is 19.4. The van der Waals surface area contributed by atoms with Crippen molar-refractivity contribution in [1.82, 2.24) is 4.90 Å². The maximum Gasteiger partial charge on any atom is 0.411 e. The number of unbranched alkanes of at least 4 members (excludes halogenated alkanes) is 26. The number of aliphatic hydroxyl groups is 2. The Labute approximate surface area is 274 Å². The van der Waals surface area contributed by atoms with E-state index >= 15 is 0 Å². The fourth-order valence-corrected chi connectivity index (χ4v) is 5.82. The minimum atomic E-state index is -1.01. The summed E-state index contributed by atoms with van der Waals surface area (Å²) in [7, 11) is 0. The van der Waals surface area contributed by atoms with Crippen molar-refractivity contribution in [2.75, 3.05) is 26.4 Å². The molecule has 2 unspecified atom stereocenters. The molecule has 6 nitrogen and oxygen atoms in total. The highest BCUT2D eigenvalue weighted by atomic mass is 16.6. The molecular weight excluding hydrogens is 550 g/mol. The summed E-state index contributed by atoms with van der Waals surface area (Å²) in [5.41, 5.74) is 0. The molecule has 264 valence electrons. The van der Waals surface area contributed by atoms with Gasteiger partial charge in [-0.1, -0.05) is 181 Å². The van der Waals surface area contributed by atoms with Crippen molar-refractivity contribution >= 4 is 6.09 Å². The summed E-state index contributed by atoms with van der Waals surface area (Å²) in [5.74, 6) is 0. The maximum absolute atomic E-state index is 12.5. The summed E-state index contributed by atoms with van der Waals surface area (Å²) in [5, 5.41) is 20.4. The Kier molecular flexibility index (Phi) is 34.3. The van der Waals surface area contributed by atoms with E-state index in [-0.39, 0.29) is 13.2 Å². The Morgan fingerprint density at radius 3 is 1.18 bits per heavy atom. The van der Waals surface area contributed by atoms with Gasteiger partial charge in [0.25, 0.3) is 0 Å². The lowest BCUT2D eigenvalue weighted by Gasteiger charge is -2.27. The number of hydrogen-bond acceptors (Lipinski definition) is 5. The van der Waals surface area contributed by atoms with Gasteiger partial charge in [-0.25, -0.2) is 4.79 Å². The van der Waals surface area contributed by atoms with Crippen molar-refractivity contribution in [3.8, 4) is 0 Å². The second-order valence-electron chi connectivity index (χ2n) is 13.3. The molecule has 0 heterocycles. The van der Waals surface area contributed by atoms with Crippen LogP contribution >= 0.6 is 0 Å². The van der Waals surface area contributed by atoms with Gasteiger partial charge in [-0.2, -0.15) is 0 Å². The van der Waals surface area contributed by atoms with Gasteiger partial charge >= 0.3 is 6.09 Å². The molecule has 1 amide bonds. The van der Waals surface area contributed by atoms with E-state index in [2.05, 4.69) is 13.8 Å². The Morgan fingerprint density at radius 2 is 0.841 bits per heavy atom. The molecule has 44 heavy (non-hydrogen) atoms. The monoisotopic (exact) mass is 628 g/mol. The summed E-state index contributed by atoms with van der Waals surface area (Å²) in [4.78, 5) is 13.7. The van der Waals surface area contributed by atoms with Crippen molar-refractivity contribution < 1.29 is 24.5 Å². The zero-order valence-corrected chi connectivity index (χ0v) is 29.8. The second-order valence-corrected chi connectivity index (χ2v) is 13.3. The third-order valence-corrected chi connectivity index (χ3v) is 8.77. The van der Waals surface area contributed by atoms with Gasteiger partial charge in [0.1, 0.15) is 6.23 Å². The molecule has 0 fully saturated rings. The van der Waals surface area contributed by atoms with E-state index in [4.69, 9.17) is 9.47 Å². The Hall–Kier alpha value is -0.850. The van der Waals surface area contributed by atoms with Crippen LogP contribution in [0.25, 0.3) is 0 Å². The van der Waals surface area contributed by atoms with Gasteiger partial charge in [0.2, 0.25) is 0 Å².